The number of sulfonamides is 1. The molecule has 0 radical (unpaired) electrons. The number of carbonyl (C=O) groups is 2. The number of benzene rings is 1. The third-order valence-corrected chi connectivity index (χ3v) is 5.34. The number of nitrogens with one attached hydrogen (secondary N) is 1. The van der Waals surface area contributed by atoms with Crippen LogP contribution in [-0.2, 0) is 26.0 Å². The van der Waals surface area contributed by atoms with E-state index in [0.29, 0.717) is 12.2 Å². The molecule has 0 atom stereocenters. The molecule has 0 bridgehead atoms. The van der Waals surface area contributed by atoms with Gasteiger partial charge in [0.2, 0.25) is 0 Å². The molecule has 0 aliphatic heterocycles. The van der Waals surface area contributed by atoms with E-state index in [9.17, 15) is 18.0 Å². The van der Waals surface area contributed by atoms with Gasteiger partial charge in [0.25, 0.3) is 10.0 Å². The molecule has 0 amide bonds. The molecule has 152 valence electrons. The van der Waals surface area contributed by atoms with Gasteiger partial charge in [0.1, 0.15) is 4.90 Å². The molecule has 1 aromatic carbocycles. The molecule has 0 saturated heterocycles. The summed E-state index contributed by atoms with van der Waals surface area (Å²) in [4.78, 5) is 24.2. The lowest BCUT2D eigenvalue weighted by molar-refractivity contribution is 0.0525. The van der Waals surface area contributed by atoms with Crippen molar-refractivity contribution < 1.29 is 27.5 Å². The molecular weight excluding hydrogens is 386 g/mol. The van der Waals surface area contributed by atoms with Gasteiger partial charge in [0, 0.05) is 6.54 Å². The Balaban J connectivity index is 2.46. The van der Waals surface area contributed by atoms with Gasteiger partial charge in [0.15, 0.2) is 0 Å². The van der Waals surface area contributed by atoms with Gasteiger partial charge in [-0.3, -0.25) is 9.40 Å². The number of carbonyl (C=O) groups excluding carboxylic acids is 2. The first kappa shape index (κ1) is 21.4. The summed E-state index contributed by atoms with van der Waals surface area (Å²) in [5.41, 5.74) is 0.580. The molecule has 9 nitrogen and oxygen atoms in total. The summed E-state index contributed by atoms with van der Waals surface area (Å²) in [6.45, 7) is 7.57. The number of aromatic nitrogens is 2. The molecule has 10 heteroatoms. The van der Waals surface area contributed by atoms with Gasteiger partial charge < -0.3 is 9.47 Å². The van der Waals surface area contributed by atoms with Crippen molar-refractivity contribution in [3.05, 3.63) is 41.2 Å². The Morgan fingerprint density at radius 2 is 1.57 bits per heavy atom. The highest BCUT2D eigenvalue weighted by Crippen LogP contribution is 2.22. The van der Waals surface area contributed by atoms with Gasteiger partial charge in [-0.2, -0.15) is 5.10 Å². The largest absolute Gasteiger partial charge is 0.462 e. The third-order valence-electron chi connectivity index (χ3n) is 3.85. The summed E-state index contributed by atoms with van der Waals surface area (Å²) in [5, 5.41) is 4.03. The maximum Gasteiger partial charge on any atom is 0.338 e. The number of esters is 2. The maximum atomic E-state index is 12.8. The van der Waals surface area contributed by atoms with Crippen molar-refractivity contribution in [2.75, 3.05) is 17.9 Å². The van der Waals surface area contributed by atoms with Crippen molar-refractivity contribution in [1.82, 2.24) is 9.78 Å². The lowest BCUT2D eigenvalue weighted by atomic mass is 10.1. The summed E-state index contributed by atoms with van der Waals surface area (Å²) >= 11 is 0. The highest BCUT2D eigenvalue weighted by molar-refractivity contribution is 7.92. The number of aryl methyl sites for hydroxylation is 1. The Morgan fingerprint density at radius 3 is 2.00 bits per heavy atom. The zero-order chi connectivity index (χ0) is 20.9. The molecule has 2 rings (SSSR count). The van der Waals surface area contributed by atoms with E-state index in [1.807, 2.05) is 6.92 Å². The van der Waals surface area contributed by atoms with Gasteiger partial charge in [-0.15, -0.1) is 0 Å². The number of ether oxygens (including phenoxy) is 2. The molecule has 2 aromatic rings. The van der Waals surface area contributed by atoms with Crippen LogP contribution < -0.4 is 4.72 Å². The highest BCUT2D eigenvalue weighted by atomic mass is 32.2. The minimum atomic E-state index is -3.98. The van der Waals surface area contributed by atoms with Crippen LogP contribution in [0, 0.1) is 6.92 Å². The van der Waals surface area contributed by atoms with Crippen molar-refractivity contribution in [2.24, 2.45) is 0 Å². The smallest absolute Gasteiger partial charge is 0.338 e. The quantitative estimate of drug-likeness (QED) is 0.665. The Labute approximate surface area is 163 Å². The minimum absolute atomic E-state index is 0.00794. The molecule has 0 aliphatic carbocycles. The van der Waals surface area contributed by atoms with E-state index in [-0.39, 0.29) is 34.9 Å². The Bertz CT molecular complexity index is 945. The van der Waals surface area contributed by atoms with Gasteiger partial charge in [-0.05, 0) is 45.9 Å². The van der Waals surface area contributed by atoms with Crippen molar-refractivity contribution in [3.63, 3.8) is 0 Å². The SMILES string of the molecule is CCOC(=O)c1cc(NS(=O)(=O)c2cnn(CC)c2C)cc(C(=O)OCC)c1. The lowest BCUT2D eigenvalue weighted by Gasteiger charge is -2.12. The first-order valence-corrected chi connectivity index (χ1v) is 10.3. The molecule has 1 aromatic heterocycles. The van der Waals surface area contributed by atoms with Crippen LogP contribution in [0.3, 0.4) is 0 Å². The lowest BCUT2D eigenvalue weighted by Crippen LogP contribution is -2.16. The Hall–Kier alpha value is -2.88. The fraction of sp³-hybridized carbons (Fsp3) is 0.389. The van der Waals surface area contributed by atoms with Gasteiger partial charge >= 0.3 is 11.9 Å². The fourth-order valence-electron chi connectivity index (χ4n) is 2.57. The Kier molecular flexibility index (Phi) is 6.79. The summed E-state index contributed by atoms with van der Waals surface area (Å²) in [7, 11) is -3.98. The number of hydrogen-bond acceptors (Lipinski definition) is 7. The molecule has 0 fully saturated rings. The normalized spacial score (nSPS) is 11.1. The molecule has 28 heavy (non-hydrogen) atoms. The minimum Gasteiger partial charge on any atom is -0.462 e. The summed E-state index contributed by atoms with van der Waals surface area (Å²) < 4.78 is 39.4. The zero-order valence-electron chi connectivity index (χ0n) is 16.2. The number of anilines is 1. The van der Waals surface area contributed by atoms with Gasteiger partial charge in [0.05, 0.1) is 41.9 Å². The van der Waals surface area contributed by atoms with Crippen LogP contribution in [0.5, 0.6) is 0 Å². The topological polar surface area (TPSA) is 117 Å². The van der Waals surface area contributed by atoms with E-state index in [2.05, 4.69) is 9.82 Å². The van der Waals surface area contributed by atoms with Gasteiger partial charge in [-0.25, -0.2) is 18.0 Å². The van der Waals surface area contributed by atoms with Crippen LogP contribution in [0.15, 0.2) is 29.3 Å². The maximum absolute atomic E-state index is 12.8. The van der Waals surface area contributed by atoms with E-state index >= 15 is 0 Å². The first-order chi connectivity index (χ1) is 13.2. The predicted molar refractivity (Wildman–Crippen MR) is 102 cm³/mol. The number of rotatable bonds is 8. The van der Waals surface area contributed by atoms with Crippen LogP contribution in [0.4, 0.5) is 5.69 Å². The fourth-order valence-corrected chi connectivity index (χ4v) is 3.79. The van der Waals surface area contributed by atoms with Crippen molar-refractivity contribution in [1.29, 1.82) is 0 Å². The van der Waals surface area contributed by atoms with Crippen LogP contribution in [0.2, 0.25) is 0 Å². The van der Waals surface area contributed by atoms with Crippen molar-refractivity contribution >= 4 is 27.6 Å². The third kappa shape index (κ3) is 4.69. The first-order valence-electron chi connectivity index (χ1n) is 8.78. The van der Waals surface area contributed by atoms with E-state index in [0.717, 1.165) is 0 Å². The molecule has 1 N–H and O–H groups in total. The van der Waals surface area contributed by atoms with Crippen molar-refractivity contribution in [2.45, 2.75) is 39.1 Å². The van der Waals surface area contributed by atoms with Crippen LogP contribution in [0.1, 0.15) is 47.2 Å². The summed E-state index contributed by atoms with van der Waals surface area (Å²) in [6.07, 6.45) is 1.25. The molecule has 0 spiro atoms. The monoisotopic (exact) mass is 409 g/mol. The second kappa shape index (κ2) is 8.87. The molecule has 0 saturated carbocycles. The number of nitrogens with zero attached hydrogens (tertiary/aromatic N) is 2. The predicted octanol–water partition coefficient (Wildman–Crippen LogP) is 2.37. The summed E-state index contributed by atoms with van der Waals surface area (Å²) in [5.74, 6) is -1.35. The zero-order valence-corrected chi connectivity index (χ0v) is 17.0. The molecule has 0 unspecified atom stereocenters. The van der Waals surface area contributed by atoms with Crippen LogP contribution in [0.25, 0.3) is 0 Å². The second-order valence-corrected chi connectivity index (χ2v) is 7.41. The van der Waals surface area contributed by atoms with E-state index < -0.39 is 22.0 Å². The van der Waals surface area contributed by atoms with Crippen LogP contribution >= 0.6 is 0 Å². The molecular formula is C18H23N3O6S. The number of hydrogen-bond donors (Lipinski definition) is 1. The Morgan fingerprint density at radius 1 is 1.04 bits per heavy atom. The average molecular weight is 409 g/mol. The molecule has 1 heterocycles. The van der Waals surface area contributed by atoms with Gasteiger partial charge in [-0.1, -0.05) is 0 Å². The van der Waals surface area contributed by atoms with Crippen LogP contribution in [-0.4, -0.2) is 43.4 Å². The van der Waals surface area contributed by atoms with E-state index in [1.165, 1.54) is 24.4 Å². The van der Waals surface area contributed by atoms with E-state index in [4.69, 9.17) is 9.47 Å². The standard InChI is InChI=1S/C18H23N3O6S/c1-5-21-12(4)16(11-19-21)28(24,25)20-15-9-13(17(22)26-6-2)8-14(10-15)18(23)27-7-3/h8-11,20H,5-7H2,1-4H3. The highest BCUT2D eigenvalue weighted by Gasteiger charge is 2.22. The van der Waals surface area contributed by atoms with E-state index in [1.54, 1.807) is 25.5 Å². The van der Waals surface area contributed by atoms with Crippen molar-refractivity contribution in [3.8, 4) is 0 Å². The summed E-state index contributed by atoms with van der Waals surface area (Å²) in [6, 6.07) is 3.91. The average Bonchev–Trinajstić information content (AvgIpc) is 3.03. The molecule has 0 aliphatic rings. The second-order valence-electron chi connectivity index (χ2n) is 5.76.